The van der Waals surface area contributed by atoms with E-state index in [9.17, 15) is 4.79 Å². The Hall–Kier alpha value is -3.03. The van der Waals surface area contributed by atoms with Crippen molar-refractivity contribution in [1.82, 2.24) is 24.1 Å². The molecule has 0 saturated carbocycles. The first-order valence-electron chi connectivity index (χ1n) is 10.1. The number of hydrogen-bond acceptors (Lipinski definition) is 5. The largest absolute Gasteiger partial charge is 0.352 e. The summed E-state index contributed by atoms with van der Waals surface area (Å²) in [7, 11) is 0. The van der Waals surface area contributed by atoms with Gasteiger partial charge in [-0.2, -0.15) is 4.52 Å². The minimum absolute atomic E-state index is 0.210. The summed E-state index contributed by atoms with van der Waals surface area (Å²) in [5, 5.41) is 8.37. The van der Waals surface area contributed by atoms with Crippen molar-refractivity contribution in [2.24, 2.45) is 5.92 Å². The van der Waals surface area contributed by atoms with E-state index in [0.717, 1.165) is 27.8 Å². The molecule has 4 aromatic heterocycles. The summed E-state index contributed by atoms with van der Waals surface area (Å²) in [6.45, 7) is 4.82. The molecule has 8 heteroatoms. The monoisotopic (exact) mass is 449 g/mol. The van der Waals surface area contributed by atoms with Crippen molar-refractivity contribution in [3.8, 4) is 11.4 Å². The van der Waals surface area contributed by atoms with Crippen LogP contribution in [0, 0.1) is 5.92 Å². The van der Waals surface area contributed by atoms with E-state index < -0.39 is 0 Å². The Bertz CT molecular complexity index is 1430. The van der Waals surface area contributed by atoms with Gasteiger partial charge >= 0.3 is 5.69 Å². The molecule has 0 aliphatic rings. The Labute approximate surface area is 187 Å². The van der Waals surface area contributed by atoms with Crippen molar-refractivity contribution in [2.45, 2.75) is 26.8 Å². The quantitative estimate of drug-likeness (QED) is 0.376. The molecule has 5 aromatic rings. The Balaban J connectivity index is 1.77. The van der Waals surface area contributed by atoms with Crippen LogP contribution in [-0.4, -0.2) is 24.1 Å². The average Bonchev–Trinajstić information content (AvgIpc) is 3.37. The van der Waals surface area contributed by atoms with Gasteiger partial charge in [-0.05, 0) is 53.1 Å². The lowest BCUT2D eigenvalue weighted by atomic mass is 10.0. The molecule has 31 heavy (non-hydrogen) atoms. The van der Waals surface area contributed by atoms with E-state index in [-0.39, 0.29) is 5.69 Å². The highest BCUT2D eigenvalue weighted by Crippen LogP contribution is 2.31. The Morgan fingerprint density at radius 2 is 1.97 bits per heavy atom. The standard InChI is InChI=1S/C23H20ClN5OS/c1-14(2)10-17-13-31-22-19(17)21-26-20(16-4-3-9-25-11-16)27-29(21)23(30)28(22)12-15-5-7-18(24)8-6-15/h3-9,11,13-14H,10,12H2,1-2H3. The van der Waals surface area contributed by atoms with E-state index in [1.54, 1.807) is 28.3 Å². The normalized spacial score (nSPS) is 11.7. The van der Waals surface area contributed by atoms with Crippen LogP contribution in [0.1, 0.15) is 25.0 Å². The maximum Gasteiger partial charge on any atom is 0.352 e. The molecule has 0 fully saturated rings. The number of rotatable bonds is 5. The van der Waals surface area contributed by atoms with Crippen LogP contribution in [0.2, 0.25) is 5.02 Å². The van der Waals surface area contributed by atoms with Crippen LogP contribution in [0.4, 0.5) is 0 Å². The molecule has 0 spiro atoms. The van der Waals surface area contributed by atoms with Crippen molar-refractivity contribution < 1.29 is 0 Å². The fourth-order valence-electron chi connectivity index (χ4n) is 3.75. The lowest BCUT2D eigenvalue weighted by molar-refractivity contribution is 0.650. The topological polar surface area (TPSA) is 65.1 Å². The number of fused-ring (bicyclic) bond motifs is 3. The molecule has 0 aliphatic heterocycles. The van der Waals surface area contributed by atoms with E-state index in [0.29, 0.717) is 29.0 Å². The van der Waals surface area contributed by atoms with Crippen LogP contribution in [-0.2, 0) is 13.0 Å². The molecular formula is C23H20ClN5OS. The Morgan fingerprint density at radius 3 is 2.68 bits per heavy atom. The molecule has 0 saturated heterocycles. The first kappa shape index (κ1) is 19.9. The van der Waals surface area contributed by atoms with Crippen molar-refractivity contribution in [1.29, 1.82) is 0 Å². The predicted molar refractivity (Wildman–Crippen MR) is 125 cm³/mol. The number of thiophene rings is 1. The zero-order chi connectivity index (χ0) is 21.5. The van der Waals surface area contributed by atoms with Gasteiger partial charge < -0.3 is 0 Å². The van der Waals surface area contributed by atoms with Crippen LogP contribution in [0.3, 0.4) is 0 Å². The van der Waals surface area contributed by atoms with Crippen LogP contribution in [0.25, 0.3) is 27.3 Å². The average molecular weight is 450 g/mol. The molecule has 0 unspecified atom stereocenters. The van der Waals surface area contributed by atoms with Gasteiger partial charge in [0.25, 0.3) is 0 Å². The van der Waals surface area contributed by atoms with Gasteiger partial charge in [-0.1, -0.05) is 37.6 Å². The number of aromatic nitrogens is 5. The zero-order valence-corrected chi connectivity index (χ0v) is 18.7. The van der Waals surface area contributed by atoms with Crippen LogP contribution < -0.4 is 5.69 Å². The third-order valence-corrected chi connectivity index (χ3v) is 6.44. The molecule has 156 valence electrons. The lowest BCUT2D eigenvalue weighted by Crippen LogP contribution is -2.28. The SMILES string of the molecule is CC(C)Cc1csc2c1c1nc(-c3cccnc3)nn1c(=O)n2Cc1ccc(Cl)cc1. The predicted octanol–water partition coefficient (Wildman–Crippen LogP) is 5.07. The van der Waals surface area contributed by atoms with Gasteiger partial charge in [0.2, 0.25) is 0 Å². The van der Waals surface area contributed by atoms with Crippen molar-refractivity contribution in [2.75, 3.05) is 0 Å². The smallest absolute Gasteiger partial charge is 0.278 e. The van der Waals surface area contributed by atoms with E-state index in [4.69, 9.17) is 16.6 Å². The second kappa shape index (κ2) is 7.90. The molecular weight excluding hydrogens is 430 g/mol. The summed E-state index contributed by atoms with van der Waals surface area (Å²) < 4.78 is 3.21. The van der Waals surface area contributed by atoms with Gasteiger partial charge in [-0.3, -0.25) is 9.55 Å². The fourth-order valence-corrected chi connectivity index (χ4v) is 4.95. The molecule has 0 aliphatic carbocycles. The number of pyridine rings is 1. The minimum Gasteiger partial charge on any atom is -0.278 e. The number of nitrogens with zero attached hydrogens (tertiary/aromatic N) is 5. The van der Waals surface area contributed by atoms with Crippen molar-refractivity contribution in [3.05, 3.63) is 80.8 Å². The summed E-state index contributed by atoms with van der Waals surface area (Å²) in [4.78, 5) is 23.3. The van der Waals surface area contributed by atoms with E-state index >= 15 is 0 Å². The molecule has 6 nitrogen and oxygen atoms in total. The van der Waals surface area contributed by atoms with Gasteiger partial charge in [0.1, 0.15) is 4.83 Å². The number of hydrogen-bond donors (Lipinski definition) is 0. The van der Waals surface area contributed by atoms with Gasteiger partial charge in [-0.25, -0.2) is 9.78 Å². The van der Waals surface area contributed by atoms with Gasteiger partial charge in [0.05, 0.1) is 11.9 Å². The first-order chi connectivity index (χ1) is 15.0. The van der Waals surface area contributed by atoms with Gasteiger partial charge in [0, 0.05) is 23.0 Å². The highest BCUT2D eigenvalue weighted by Gasteiger charge is 2.20. The second-order valence-corrected chi connectivity index (χ2v) is 9.24. The summed E-state index contributed by atoms with van der Waals surface area (Å²) >= 11 is 7.62. The molecule has 5 rings (SSSR count). The summed E-state index contributed by atoms with van der Waals surface area (Å²) in [5.74, 6) is 0.979. The van der Waals surface area contributed by atoms with Crippen LogP contribution >= 0.6 is 22.9 Å². The molecule has 0 radical (unpaired) electrons. The highest BCUT2D eigenvalue weighted by molar-refractivity contribution is 7.17. The van der Waals surface area contributed by atoms with Crippen molar-refractivity contribution in [3.63, 3.8) is 0 Å². The maximum absolute atomic E-state index is 13.5. The van der Waals surface area contributed by atoms with Gasteiger partial charge in [0.15, 0.2) is 11.5 Å². The van der Waals surface area contributed by atoms with E-state index in [2.05, 4.69) is 29.3 Å². The second-order valence-electron chi connectivity index (χ2n) is 7.95. The Morgan fingerprint density at radius 1 is 1.16 bits per heavy atom. The fraction of sp³-hybridized carbons (Fsp3) is 0.217. The molecule has 4 heterocycles. The first-order valence-corrected chi connectivity index (χ1v) is 11.3. The summed E-state index contributed by atoms with van der Waals surface area (Å²) in [6, 6.07) is 11.3. The van der Waals surface area contributed by atoms with E-state index in [1.807, 2.05) is 36.4 Å². The molecule has 0 atom stereocenters. The minimum atomic E-state index is -0.210. The van der Waals surface area contributed by atoms with Crippen LogP contribution in [0.5, 0.6) is 0 Å². The molecule has 0 N–H and O–H groups in total. The Kier molecular flexibility index (Phi) is 5.08. The van der Waals surface area contributed by atoms with E-state index in [1.165, 1.54) is 10.1 Å². The maximum atomic E-state index is 13.5. The molecule has 1 aromatic carbocycles. The van der Waals surface area contributed by atoms with Gasteiger partial charge in [-0.15, -0.1) is 16.4 Å². The van der Waals surface area contributed by atoms with Crippen molar-refractivity contribution >= 4 is 38.8 Å². The third kappa shape index (κ3) is 3.64. The molecule has 0 amide bonds. The summed E-state index contributed by atoms with van der Waals surface area (Å²) in [5.41, 5.74) is 3.36. The highest BCUT2D eigenvalue weighted by atomic mass is 35.5. The van der Waals surface area contributed by atoms with Crippen LogP contribution in [0.15, 0.2) is 59.0 Å². The zero-order valence-electron chi connectivity index (χ0n) is 17.1. The number of benzene rings is 1. The summed E-state index contributed by atoms with van der Waals surface area (Å²) in [6.07, 6.45) is 4.32. The third-order valence-electron chi connectivity index (χ3n) is 5.14. The number of halogens is 1. The molecule has 0 bridgehead atoms. The lowest BCUT2D eigenvalue weighted by Gasteiger charge is -2.10.